The molecule has 1 aliphatic heterocycles. The highest BCUT2D eigenvalue weighted by atomic mass is 16.5. The molecule has 19 heavy (non-hydrogen) atoms. The molecule has 1 N–H and O–H groups in total. The fourth-order valence-electron chi connectivity index (χ4n) is 2.76. The molecule has 1 atom stereocenters. The molecule has 0 aromatic heterocycles. The molecule has 1 aromatic rings. The molecule has 2 rings (SSSR count). The van der Waals surface area contributed by atoms with E-state index >= 15 is 0 Å². The molecule has 0 aliphatic carbocycles. The lowest BCUT2D eigenvalue weighted by Gasteiger charge is -2.28. The first-order valence-corrected chi connectivity index (χ1v) is 7.40. The quantitative estimate of drug-likeness (QED) is 0.852. The van der Waals surface area contributed by atoms with Crippen LogP contribution in [0.4, 0.5) is 0 Å². The van der Waals surface area contributed by atoms with Crippen LogP contribution in [0, 0.1) is 0 Å². The third-order valence-corrected chi connectivity index (χ3v) is 4.08. The maximum Gasteiger partial charge on any atom is 0.118 e. The molecule has 0 bridgehead atoms. The van der Waals surface area contributed by atoms with Gasteiger partial charge in [-0.1, -0.05) is 19.1 Å². The lowest BCUT2D eigenvalue weighted by Crippen LogP contribution is -2.44. The number of hydrogen-bond donors (Lipinski definition) is 1. The Morgan fingerprint density at radius 2 is 1.89 bits per heavy atom. The van der Waals surface area contributed by atoms with Crippen LogP contribution in [-0.4, -0.2) is 44.7 Å². The van der Waals surface area contributed by atoms with Crippen molar-refractivity contribution in [2.75, 3.05) is 39.8 Å². The molecule has 0 spiro atoms. The van der Waals surface area contributed by atoms with E-state index in [1.807, 2.05) is 0 Å². The topological polar surface area (TPSA) is 24.5 Å². The number of nitrogens with one attached hydrogen (secondary N) is 1. The van der Waals surface area contributed by atoms with Gasteiger partial charge in [0.05, 0.1) is 7.11 Å². The lowest BCUT2D eigenvalue weighted by molar-refractivity contribution is 0.232. The summed E-state index contributed by atoms with van der Waals surface area (Å²) in [5, 5.41) is 3.41. The number of piperazine rings is 1. The largest absolute Gasteiger partial charge is 0.497 e. The Morgan fingerprint density at radius 1 is 1.21 bits per heavy atom. The SMILES string of the molecule is CCC(CCN1CCNCC1)c1ccc(OC)cc1. The summed E-state index contributed by atoms with van der Waals surface area (Å²) in [6, 6.07) is 8.57. The van der Waals surface area contributed by atoms with Crippen LogP contribution >= 0.6 is 0 Å². The number of methoxy groups -OCH3 is 1. The minimum Gasteiger partial charge on any atom is -0.497 e. The van der Waals surface area contributed by atoms with E-state index in [4.69, 9.17) is 4.74 Å². The summed E-state index contributed by atoms with van der Waals surface area (Å²) in [6.45, 7) is 8.16. The number of nitrogens with zero attached hydrogens (tertiary/aromatic N) is 1. The van der Waals surface area contributed by atoms with Crippen molar-refractivity contribution in [1.82, 2.24) is 10.2 Å². The molecule has 1 unspecified atom stereocenters. The van der Waals surface area contributed by atoms with Gasteiger partial charge in [0.1, 0.15) is 5.75 Å². The predicted octanol–water partition coefficient (Wildman–Crippen LogP) is 2.48. The summed E-state index contributed by atoms with van der Waals surface area (Å²) in [5.74, 6) is 1.61. The second kappa shape index (κ2) is 7.51. The second-order valence-electron chi connectivity index (χ2n) is 5.26. The van der Waals surface area contributed by atoms with E-state index in [1.165, 1.54) is 38.0 Å². The standard InChI is InChI=1S/C16H26N2O/c1-3-14(8-11-18-12-9-17-10-13-18)15-4-6-16(19-2)7-5-15/h4-7,14,17H,3,8-13H2,1-2H3. The molecule has 0 saturated carbocycles. The van der Waals surface area contributed by atoms with Gasteiger partial charge in [-0.05, 0) is 43.0 Å². The van der Waals surface area contributed by atoms with Gasteiger partial charge in [0.2, 0.25) is 0 Å². The summed E-state index contributed by atoms with van der Waals surface area (Å²) in [4.78, 5) is 2.57. The average Bonchev–Trinajstić information content (AvgIpc) is 2.49. The zero-order valence-corrected chi connectivity index (χ0v) is 12.2. The summed E-state index contributed by atoms with van der Waals surface area (Å²) in [5.41, 5.74) is 1.44. The molecule has 1 aliphatic rings. The van der Waals surface area contributed by atoms with Crippen molar-refractivity contribution in [2.24, 2.45) is 0 Å². The van der Waals surface area contributed by atoms with Crippen LogP contribution in [0.15, 0.2) is 24.3 Å². The Hall–Kier alpha value is -1.06. The Bertz CT molecular complexity index is 358. The molecular formula is C16H26N2O. The second-order valence-corrected chi connectivity index (χ2v) is 5.26. The van der Waals surface area contributed by atoms with Crippen molar-refractivity contribution in [2.45, 2.75) is 25.7 Å². The van der Waals surface area contributed by atoms with E-state index in [0.717, 1.165) is 18.8 Å². The maximum absolute atomic E-state index is 5.22. The van der Waals surface area contributed by atoms with Gasteiger partial charge >= 0.3 is 0 Å². The van der Waals surface area contributed by atoms with Crippen LogP contribution in [0.3, 0.4) is 0 Å². The first kappa shape index (κ1) is 14.4. The van der Waals surface area contributed by atoms with E-state index in [2.05, 4.69) is 41.4 Å². The molecule has 1 saturated heterocycles. The van der Waals surface area contributed by atoms with Crippen molar-refractivity contribution >= 4 is 0 Å². The van der Waals surface area contributed by atoms with Gasteiger partial charge in [0.15, 0.2) is 0 Å². The van der Waals surface area contributed by atoms with Gasteiger partial charge in [-0.15, -0.1) is 0 Å². The first-order chi connectivity index (χ1) is 9.33. The van der Waals surface area contributed by atoms with Gasteiger partial charge in [0.25, 0.3) is 0 Å². The highest BCUT2D eigenvalue weighted by Gasteiger charge is 2.14. The Kier molecular flexibility index (Phi) is 5.67. The van der Waals surface area contributed by atoms with E-state index < -0.39 is 0 Å². The highest BCUT2D eigenvalue weighted by Crippen LogP contribution is 2.25. The van der Waals surface area contributed by atoms with E-state index in [-0.39, 0.29) is 0 Å². The Balaban J connectivity index is 1.87. The van der Waals surface area contributed by atoms with Crippen LogP contribution in [-0.2, 0) is 0 Å². The fraction of sp³-hybridized carbons (Fsp3) is 0.625. The van der Waals surface area contributed by atoms with E-state index in [1.54, 1.807) is 7.11 Å². The van der Waals surface area contributed by atoms with Gasteiger partial charge in [-0.2, -0.15) is 0 Å². The third kappa shape index (κ3) is 4.22. The van der Waals surface area contributed by atoms with Crippen LogP contribution in [0.2, 0.25) is 0 Å². The normalized spacial score (nSPS) is 18.2. The van der Waals surface area contributed by atoms with Gasteiger partial charge < -0.3 is 15.0 Å². The Morgan fingerprint density at radius 3 is 2.47 bits per heavy atom. The van der Waals surface area contributed by atoms with Gasteiger partial charge in [-0.3, -0.25) is 0 Å². The molecule has 1 fully saturated rings. The molecule has 1 aromatic carbocycles. The third-order valence-electron chi connectivity index (χ3n) is 4.08. The van der Waals surface area contributed by atoms with Crippen LogP contribution < -0.4 is 10.1 Å². The zero-order chi connectivity index (χ0) is 13.5. The average molecular weight is 262 g/mol. The van der Waals surface area contributed by atoms with Crippen molar-refractivity contribution in [3.8, 4) is 5.75 Å². The Labute approximate surface area is 116 Å². The number of benzene rings is 1. The molecular weight excluding hydrogens is 236 g/mol. The molecule has 1 heterocycles. The predicted molar refractivity (Wildman–Crippen MR) is 80.0 cm³/mol. The number of rotatable bonds is 6. The van der Waals surface area contributed by atoms with Crippen molar-refractivity contribution in [3.05, 3.63) is 29.8 Å². The van der Waals surface area contributed by atoms with Gasteiger partial charge in [-0.25, -0.2) is 0 Å². The van der Waals surface area contributed by atoms with Crippen LogP contribution in [0.5, 0.6) is 5.75 Å². The minimum atomic E-state index is 0.667. The molecule has 3 heteroatoms. The maximum atomic E-state index is 5.22. The summed E-state index contributed by atoms with van der Waals surface area (Å²) >= 11 is 0. The fourth-order valence-corrected chi connectivity index (χ4v) is 2.76. The van der Waals surface area contributed by atoms with E-state index in [9.17, 15) is 0 Å². The number of hydrogen-bond acceptors (Lipinski definition) is 3. The molecule has 106 valence electrons. The zero-order valence-electron chi connectivity index (χ0n) is 12.2. The summed E-state index contributed by atoms with van der Waals surface area (Å²) in [6.07, 6.45) is 2.46. The van der Waals surface area contributed by atoms with Crippen molar-refractivity contribution in [1.29, 1.82) is 0 Å². The van der Waals surface area contributed by atoms with Gasteiger partial charge in [0, 0.05) is 26.2 Å². The van der Waals surface area contributed by atoms with Crippen LogP contribution in [0.1, 0.15) is 31.2 Å². The minimum absolute atomic E-state index is 0.667. The summed E-state index contributed by atoms with van der Waals surface area (Å²) in [7, 11) is 1.72. The number of ether oxygens (including phenoxy) is 1. The van der Waals surface area contributed by atoms with Crippen molar-refractivity contribution < 1.29 is 4.74 Å². The smallest absolute Gasteiger partial charge is 0.118 e. The molecule has 3 nitrogen and oxygen atoms in total. The lowest BCUT2D eigenvalue weighted by atomic mass is 9.93. The molecule has 0 radical (unpaired) electrons. The van der Waals surface area contributed by atoms with Crippen molar-refractivity contribution in [3.63, 3.8) is 0 Å². The van der Waals surface area contributed by atoms with E-state index in [0.29, 0.717) is 5.92 Å². The molecule has 0 amide bonds. The monoisotopic (exact) mass is 262 g/mol. The van der Waals surface area contributed by atoms with Crippen LogP contribution in [0.25, 0.3) is 0 Å². The summed E-state index contributed by atoms with van der Waals surface area (Å²) < 4.78 is 5.22. The highest BCUT2D eigenvalue weighted by molar-refractivity contribution is 5.29. The first-order valence-electron chi connectivity index (χ1n) is 7.40.